The second-order valence-electron chi connectivity index (χ2n) is 15.3. The first-order valence-corrected chi connectivity index (χ1v) is 13.9. The molecule has 0 aromatic rings. The van der Waals surface area contributed by atoms with Crippen LogP contribution in [0.25, 0.3) is 0 Å². The summed E-state index contributed by atoms with van der Waals surface area (Å²) in [4.78, 5) is 12.8. The monoisotopic (exact) mass is 442 g/mol. The Labute approximate surface area is 197 Å². The number of fused-ring (bicyclic) bond motifs is 7. The van der Waals surface area contributed by atoms with E-state index in [1.54, 1.807) is 0 Å². The fourth-order valence-electron chi connectivity index (χ4n) is 11.3. The Hall–Kier alpha value is -0.370. The van der Waals surface area contributed by atoms with Gasteiger partial charge in [0, 0.05) is 12.3 Å². The third kappa shape index (κ3) is 2.77. The van der Waals surface area contributed by atoms with E-state index in [9.17, 15) is 9.90 Å². The highest BCUT2D eigenvalue weighted by Crippen LogP contribution is 2.78. The van der Waals surface area contributed by atoms with Gasteiger partial charge in [-0.05, 0) is 114 Å². The van der Waals surface area contributed by atoms with Gasteiger partial charge in [-0.3, -0.25) is 4.79 Å². The van der Waals surface area contributed by atoms with E-state index in [1.165, 1.54) is 51.4 Å². The van der Waals surface area contributed by atoms with Gasteiger partial charge in [-0.2, -0.15) is 0 Å². The van der Waals surface area contributed by atoms with Crippen LogP contribution in [-0.4, -0.2) is 17.5 Å². The molecular formula is C30H50O2. The molecule has 0 unspecified atom stereocenters. The number of hydrogen-bond acceptors (Lipinski definition) is 2. The first kappa shape index (κ1) is 23.4. The molecule has 1 N–H and O–H groups in total. The summed E-state index contributed by atoms with van der Waals surface area (Å²) in [6, 6.07) is 0. The summed E-state index contributed by atoms with van der Waals surface area (Å²) in [7, 11) is 0. The van der Waals surface area contributed by atoms with E-state index in [0.717, 1.165) is 24.7 Å². The van der Waals surface area contributed by atoms with Gasteiger partial charge in [0.1, 0.15) is 5.78 Å². The van der Waals surface area contributed by atoms with Crippen LogP contribution in [0, 0.1) is 56.2 Å². The van der Waals surface area contributed by atoms with Gasteiger partial charge in [-0.25, -0.2) is 0 Å². The number of aliphatic hydroxyl groups is 1. The lowest BCUT2D eigenvalue weighted by molar-refractivity contribution is -0.257. The molecule has 5 saturated carbocycles. The molecule has 0 amide bonds. The largest absolute Gasteiger partial charge is 0.396 e. The third-order valence-corrected chi connectivity index (χ3v) is 13.6. The molecule has 32 heavy (non-hydrogen) atoms. The predicted molar refractivity (Wildman–Crippen MR) is 131 cm³/mol. The maximum Gasteiger partial charge on any atom is 0.138 e. The lowest BCUT2D eigenvalue weighted by Crippen LogP contribution is -2.68. The molecule has 2 nitrogen and oxygen atoms in total. The fraction of sp³-hybridized carbons (Fsp3) is 0.967. The van der Waals surface area contributed by atoms with Crippen LogP contribution in [0.3, 0.4) is 0 Å². The second kappa shape index (κ2) is 6.86. The van der Waals surface area contributed by atoms with Crippen LogP contribution < -0.4 is 0 Å². The lowest BCUT2D eigenvalue weighted by Gasteiger charge is -2.74. The Balaban J connectivity index is 1.54. The molecule has 2 heteroatoms. The van der Waals surface area contributed by atoms with Crippen LogP contribution in [-0.2, 0) is 4.79 Å². The van der Waals surface area contributed by atoms with Crippen molar-refractivity contribution in [3.05, 3.63) is 0 Å². The normalized spacial score (nSPS) is 57.1. The van der Waals surface area contributed by atoms with E-state index >= 15 is 0 Å². The van der Waals surface area contributed by atoms with Crippen molar-refractivity contribution in [2.45, 2.75) is 119 Å². The SMILES string of the molecule is CC1(C)CC[C@]2(C)CC[C@]3(C)[C@H]4CC[C@@]5(C)[C@@H](CCC(=O)[C@@H]5CO)[C@]4(C)CC[C@@]3(C)[C@@H]2C1. The van der Waals surface area contributed by atoms with Crippen molar-refractivity contribution in [1.29, 1.82) is 0 Å². The summed E-state index contributed by atoms with van der Waals surface area (Å²) in [5, 5.41) is 10.2. The molecule has 5 aliphatic carbocycles. The van der Waals surface area contributed by atoms with Crippen LogP contribution in [0.5, 0.6) is 0 Å². The summed E-state index contributed by atoms with van der Waals surface area (Å²) in [5.41, 5.74) is 2.14. The maximum atomic E-state index is 12.8. The van der Waals surface area contributed by atoms with Crippen molar-refractivity contribution < 1.29 is 9.90 Å². The fourth-order valence-corrected chi connectivity index (χ4v) is 11.3. The van der Waals surface area contributed by atoms with Gasteiger partial charge < -0.3 is 5.11 Å². The Morgan fingerprint density at radius 1 is 0.719 bits per heavy atom. The van der Waals surface area contributed by atoms with Crippen molar-refractivity contribution in [2.24, 2.45) is 56.2 Å². The van der Waals surface area contributed by atoms with Gasteiger partial charge in [0.2, 0.25) is 0 Å². The number of carbonyl (C=O) groups is 1. The van der Waals surface area contributed by atoms with Gasteiger partial charge in [-0.1, -0.05) is 48.5 Å². The molecule has 9 atom stereocenters. The van der Waals surface area contributed by atoms with E-state index in [0.29, 0.717) is 45.2 Å². The topological polar surface area (TPSA) is 37.3 Å². The van der Waals surface area contributed by atoms with Crippen molar-refractivity contribution in [3.8, 4) is 0 Å². The summed E-state index contributed by atoms with van der Waals surface area (Å²) >= 11 is 0. The lowest BCUT2D eigenvalue weighted by atomic mass is 9.30. The van der Waals surface area contributed by atoms with E-state index < -0.39 is 0 Å². The first-order valence-electron chi connectivity index (χ1n) is 13.9. The molecule has 5 rings (SSSR count). The quantitative estimate of drug-likeness (QED) is 0.458. The highest BCUT2D eigenvalue weighted by Gasteiger charge is 2.71. The van der Waals surface area contributed by atoms with Gasteiger partial charge in [-0.15, -0.1) is 0 Å². The smallest absolute Gasteiger partial charge is 0.138 e. The van der Waals surface area contributed by atoms with E-state index in [4.69, 9.17) is 0 Å². The minimum absolute atomic E-state index is 0.00452. The minimum Gasteiger partial charge on any atom is -0.396 e. The van der Waals surface area contributed by atoms with E-state index in [-0.39, 0.29) is 17.9 Å². The summed E-state index contributed by atoms with van der Waals surface area (Å²) in [6.45, 7) is 18.1. The molecule has 0 radical (unpaired) electrons. The Bertz CT molecular complexity index is 801. The van der Waals surface area contributed by atoms with Crippen molar-refractivity contribution >= 4 is 5.78 Å². The van der Waals surface area contributed by atoms with Crippen molar-refractivity contribution in [3.63, 3.8) is 0 Å². The Morgan fingerprint density at radius 2 is 1.34 bits per heavy atom. The highest BCUT2D eigenvalue weighted by atomic mass is 16.3. The van der Waals surface area contributed by atoms with Crippen LogP contribution in [0.1, 0.15) is 119 Å². The van der Waals surface area contributed by atoms with Gasteiger partial charge >= 0.3 is 0 Å². The molecule has 0 bridgehead atoms. The summed E-state index contributed by atoms with van der Waals surface area (Å²) in [6.07, 6.45) is 13.8. The third-order valence-electron chi connectivity index (χ3n) is 13.6. The van der Waals surface area contributed by atoms with Crippen LogP contribution in [0.4, 0.5) is 0 Å². The first-order chi connectivity index (χ1) is 14.8. The Kier molecular flexibility index (Phi) is 5.01. The van der Waals surface area contributed by atoms with E-state index in [1.807, 2.05) is 0 Å². The molecule has 5 fully saturated rings. The van der Waals surface area contributed by atoms with E-state index in [2.05, 4.69) is 48.5 Å². The second-order valence-corrected chi connectivity index (χ2v) is 15.3. The van der Waals surface area contributed by atoms with Gasteiger partial charge in [0.15, 0.2) is 0 Å². The Morgan fingerprint density at radius 3 is 2.03 bits per heavy atom. The molecule has 0 aliphatic heterocycles. The predicted octanol–water partition coefficient (Wildman–Crippen LogP) is 7.43. The van der Waals surface area contributed by atoms with Gasteiger partial charge in [0.25, 0.3) is 0 Å². The van der Waals surface area contributed by atoms with Gasteiger partial charge in [0.05, 0.1) is 6.61 Å². The molecular weight excluding hydrogens is 392 g/mol. The highest BCUT2D eigenvalue weighted by molar-refractivity contribution is 5.83. The molecule has 0 spiro atoms. The molecule has 0 heterocycles. The average molecular weight is 443 g/mol. The van der Waals surface area contributed by atoms with Crippen LogP contribution in [0.2, 0.25) is 0 Å². The number of rotatable bonds is 1. The number of Topliss-reactive ketones (excluding diaryl/α,β-unsaturated/α-hetero) is 1. The molecule has 0 aromatic heterocycles. The maximum absolute atomic E-state index is 12.8. The minimum atomic E-state index is -0.131. The molecule has 0 aromatic carbocycles. The van der Waals surface area contributed by atoms with Crippen molar-refractivity contribution in [2.75, 3.05) is 6.61 Å². The van der Waals surface area contributed by atoms with Crippen LogP contribution >= 0.6 is 0 Å². The zero-order chi connectivity index (χ0) is 23.4. The standard InChI is InChI=1S/C30H50O2/c1-25(2)12-13-26(3)14-16-29(6)23-10-11-27(4)20(19-31)21(32)8-9-22(27)28(23,5)15-17-30(29,7)24(26)18-25/h20,22-24,31H,8-19H2,1-7H3/t20-,22+,23-,24+,26+,27+,28-,29+,30-/m0/s1. The molecule has 0 saturated heterocycles. The summed E-state index contributed by atoms with van der Waals surface area (Å²) in [5.74, 6) is 2.38. The average Bonchev–Trinajstić information content (AvgIpc) is 2.71. The number of carbonyl (C=O) groups excluding carboxylic acids is 1. The molecule has 5 aliphatic rings. The number of hydrogen-bond donors (Lipinski definition) is 1. The van der Waals surface area contributed by atoms with Crippen molar-refractivity contribution in [1.82, 2.24) is 0 Å². The number of ketones is 1. The molecule has 182 valence electrons. The summed E-state index contributed by atoms with van der Waals surface area (Å²) < 4.78 is 0. The zero-order valence-corrected chi connectivity index (χ0v) is 22.2. The van der Waals surface area contributed by atoms with Crippen LogP contribution in [0.15, 0.2) is 0 Å². The zero-order valence-electron chi connectivity index (χ0n) is 22.2. The number of aliphatic hydroxyl groups excluding tert-OH is 1.